The van der Waals surface area contributed by atoms with Crippen molar-refractivity contribution < 1.29 is 17.2 Å². The van der Waals surface area contributed by atoms with Gasteiger partial charge in [-0.15, -0.1) is 0 Å². The van der Waals surface area contributed by atoms with Crippen molar-refractivity contribution >= 4 is 31.3 Å². The zero-order chi connectivity index (χ0) is 11.6. The molecule has 0 aromatic heterocycles. The van der Waals surface area contributed by atoms with E-state index in [1.165, 1.54) is 0 Å². The van der Waals surface area contributed by atoms with Gasteiger partial charge in [0.2, 0.25) is 9.05 Å². The van der Waals surface area contributed by atoms with Crippen LogP contribution in [0.25, 0.3) is 0 Å². The summed E-state index contributed by atoms with van der Waals surface area (Å²) in [5, 5.41) is -0.252. The van der Waals surface area contributed by atoms with Crippen LogP contribution in [0.15, 0.2) is 12.1 Å². The van der Waals surface area contributed by atoms with Crippen LogP contribution in [0.3, 0.4) is 0 Å². The molecular weight excluding hydrogens is 269 g/mol. The summed E-state index contributed by atoms with van der Waals surface area (Å²) in [4.78, 5) is 0. The maximum Gasteiger partial charge on any atom is 0.232 e. The number of halogens is 4. The third kappa shape index (κ3) is 3.93. The quantitative estimate of drug-likeness (QED) is 0.628. The molecule has 0 saturated heterocycles. The van der Waals surface area contributed by atoms with Gasteiger partial charge < -0.3 is 0 Å². The van der Waals surface area contributed by atoms with E-state index in [2.05, 4.69) is 0 Å². The second-order valence-electron chi connectivity index (χ2n) is 2.85. The topological polar surface area (TPSA) is 34.1 Å². The third-order valence-corrected chi connectivity index (χ3v) is 3.15. The molecular formula is C8H6Cl2F2O2S. The van der Waals surface area contributed by atoms with Crippen molar-refractivity contribution in [3.63, 3.8) is 0 Å². The summed E-state index contributed by atoms with van der Waals surface area (Å²) in [5.74, 6) is -2.14. The fourth-order valence-corrected chi connectivity index (χ4v) is 1.87. The van der Waals surface area contributed by atoms with Crippen molar-refractivity contribution in [3.8, 4) is 0 Å². The molecule has 0 aliphatic rings. The Kier molecular flexibility index (Phi) is 3.92. The zero-order valence-electron chi connectivity index (χ0n) is 7.31. The maximum absolute atomic E-state index is 13.1. The van der Waals surface area contributed by atoms with Crippen molar-refractivity contribution in [3.05, 3.63) is 34.4 Å². The van der Waals surface area contributed by atoms with Crippen LogP contribution in [0.1, 0.15) is 5.56 Å². The molecule has 0 saturated carbocycles. The van der Waals surface area contributed by atoms with Gasteiger partial charge in [-0.3, -0.25) is 0 Å². The highest BCUT2D eigenvalue weighted by molar-refractivity contribution is 8.13. The van der Waals surface area contributed by atoms with Gasteiger partial charge in [-0.2, -0.15) is 0 Å². The van der Waals surface area contributed by atoms with Gasteiger partial charge in [0, 0.05) is 16.7 Å². The molecule has 0 amide bonds. The molecule has 15 heavy (non-hydrogen) atoms. The molecule has 1 rings (SSSR count). The molecule has 84 valence electrons. The van der Waals surface area contributed by atoms with Crippen LogP contribution in [0.5, 0.6) is 0 Å². The first-order chi connectivity index (χ1) is 6.79. The minimum atomic E-state index is -3.69. The van der Waals surface area contributed by atoms with Gasteiger partial charge in [0.05, 0.1) is 10.8 Å². The molecule has 7 heteroatoms. The molecule has 0 bridgehead atoms. The largest absolute Gasteiger partial charge is 0.232 e. The molecule has 2 nitrogen and oxygen atoms in total. The second kappa shape index (κ2) is 4.63. The Morgan fingerprint density at radius 2 is 1.80 bits per heavy atom. The van der Waals surface area contributed by atoms with Gasteiger partial charge in [0.1, 0.15) is 11.6 Å². The highest BCUT2D eigenvalue weighted by atomic mass is 35.7. The summed E-state index contributed by atoms with van der Waals surface area (Å²) in [5.41, 5.74) is 0.0191. The summed E-state index contributed by atoms with van der Waals surface area (Å²) in [6.07, 6.45) is -0.141. The first-order valence-corrected chi connectivity index (χ1v) is 6.71. The van der Waals surface area contributed by atoms with Gasteiger partial charge in [-0.05, 0) is 18.1 Å². The first-order valence-electron chi connectivity index (χ1n) is 3.85. The summed E-state index contributed by atoms with van der Waals surface area (Å²) < 4.78 is 47.0. The lowest BCUT2D eigenvalue weighted by atomic mass is 10.1. The SMILES string of the molecule is O=S(=O)(Cl)CCc1cc(Cl)c(F)cc1F. The average Bonchev–Trinajstić information content (AvgIpc) is 2.07. The van der Waals surface area contributed by atoms with Crippen LogP contribution >= 0.6 is 22.3 Å². The fraction of sp³-hybridized carbons (Fsp3) is 0.250. The number of hydrogen-bond donors (Lipinski definition) is 0. The van der Waals surface area contributed by atoms with Gasteiger partial charge in [0.15, 0.2) is 0 Å². The molecule has 0 heterocycles. The highest BCUT2D eigenvalue weighted by Crippen LogP contribution is 2.20. The summed E-state index contributed by atoms with van der Waals surface area (Å²) in [7, 11) is 1.26. The van der Waals surface area contributed by atoms with E-state index in [1.54, 1.807) is 0 Å². The van der Waals surface area contributed by atoms with E-state index < -0.39 is 26.4 Å². The van der Waals surface area contributed by atoms with E-state index in [1.807, 2.05) is 0 Å². The smallest absolute Gasteiger partial charge is 0.212 e. The Bertz CT molecular complexity index is 474. The molecule has 0 radical (unpaired) electrons. The Balaban J connectivity index is 2.91. The lowest BCUT2D eigenvalue weighted by Crippen LogP contribution is -2.03. The van der Waals surface area contributed by atoms with Crippen molar-refractivity contribution in [1.29, 1.82) is 0 Å². The van der Waals surface area contributed by atoms with Crippen LogP contribution in [-0.2, 0) is 15.5 Å². The molecule has 1 aromatic carbocycles. The molecule has 0 aliphatic carbocycles. The lowest BCUT2D eigenvalue weighted by Gasteiger charge is -2.03. The molecule has 0 atom stereocenters. The van der Waals surface area contributed by atoms with Crippen molar-refractivity contribution in [1.82, 2.24) is 0 Å². The van der Waals surface area contributed by atoms with E-state index >= 15 is 0 Å². The molecule has 0 unspecified atom stereocenters. The zero-order valence-corrected chi connectivity index (χ0v) is 9.63. The van der Waals surface area contributed by atoms with E-state index in [0.717, 1.165) is 6.07 Å². The van der Waals surface area contributed by atoms with Crippen LogP contribution in [0.2, 0.25) is 5.02 Å². The minimum Gasteiger partial charge on any atom is -0.212 e. The normalized spacial score (nSPS) is 11.7. The summed E-state index contributed by atoms with van der Waals surface area (Å²) in [6.45, 7) is 0. The standard InChI is InChI=1S/C8H6Cl2F2O2S/c9-6-3-5(1-2-15(10,13)14)7(11)4-8(6)12/h3-4H,1-2H2. The minimum absolute atomic E-state index is 0.0191. The van der Waals surface area contributed by atoms with Crippen LogP contribution in [-0.4, -0.2) is 14.2 Å². The van der Waals surface area contributed by atoms with E-state index in [4.69, 9.17) is 22.3 Å². The van der Waals surface area contributed by atoms with Gasteiger partial charge in [-0.25, -0.2) is 17.2 Å². The molecule has 0 spiro atoms. The van der Waals surface area contributed by atoms with Crippen LogP contribution in [0, 0.1) is 11.6 Å². The van der Waals surface area contributed by atoms with E-state index in [0.29, 0.717) is 6.07 Å². The van der Waals surface area contributed by atoms with Crippen molar-refractivity contribution in [2.75, 3.05) is 5.75 Å². The van der Waals surface area contributed by atoms with Crippen molar-refractivity contribution in [2.45, 2.75) is 6.42 Å². The van der Waals surface area contributed by atoms with Crippen LogP contribution in [0.4, 0.5) is 8.78 Å². The predicted octanol–water partition coefficient (Wildman–Crippen LogP) is 2.73. The van der Waals surface area contributed by atoms with Gasteiger partial charge in [-0.1, -0.05) is 11.6 Å². The molecule has 0 aliphatic heterocycles. The fourth-order valence-electron chi connectivity index (χ4n) is 0.987. The van der Waals surface area contributed by atoms with E-state index in [-0.39, 0.29) is 17.0 Å². The number of benzene rings is 1. The Hall–Kier alpha value is -0.390. The Morgan fingerprint density at radius 3 is 2.33 bits per heavy atom. The third-order valence-electron chi connectivity index (χ3n) is 1.70. The number of aryl methyl sites for hydroxylation is 1. The first kappa shape index (κ1) is 12.7. The lowest BCUT2D eigenvalue weighted by molar-refractivity contribution is 0.573. The molecule has 1 aromatic rings. The van der Waals surface area contributed by atoms with Crippen molar-refractivity contribution in [2.24, 2.45) is 0 Å². The summed E-state index contributed by atoms with van der Waals surface area (Å²) >= 11 is 5.41. The maximum atomic E-state index is 13.1. The molecule has 0 fully saturated rings. The average molecular weight is 275 g/mol. The Labute approximate surface area is 95.2 Å². The van der Waals surface area contributed by atoms with E-state index in [9.17, 15) is 17.2 Å². The summed E-state index contributed by atoms with van der Waals surface area (Å²) in [6, 6.07) is 1.66. The Morgan fingerprint density at radius 1 is 1.20 bits per heavy atom. The second-order valence-corrected chi connectivity index (χ2v) is 6.15. The van der Waals surface area contributed by atoms with Crippen LogP contribution < -0.4 is 0 Å². The monoisotopic (exact) mass is 274 g/mol. The molecule has 0 N–H and O–H groups in total. The number of rotatable bonds is 3. The highest BCUT2D eigenvalue weighted by Gasteiger charge is 2.12. The number of hydrogen-bond acceptors (Lipinski definition) is 2. The van der Waals surface area contributed by atoms with Gasteiger partial charge >= 0.3 is 0 Å². The predicted molar refractivity (Wildman–Crippen MR) is 54.7 cm³/mol. The van der Waals surface area contributed by atoms with Gasteiger partial charge in [0.25, 0.3) is 0 Å².